The Balaban J connectivity index is 1.55. The zero-order valence-electron chi connectivity index (χ0n) is 21.0. The van der Waals surface area contributed by atoms with Crippen molar-refractivity contribution >= 4 is 46.9 Å². The number of halogens is 2. The van der Waals surface area contributed by atoms with Gasteiger partial charge < -0.3 is 14.8 Å². The van der Waals surface area contributed by atoms with Crippen molar-refractivity contribution in [2.45, 2.75) is 52.2 Å². The molecule has 2 fully saturated rings. The van der Waals surface area contributed by atoms with Gasteiger partial charge in [-0.05, 0) is 63.3 Å². The first-order chi connectivity index (χ1) is 17.8. The van der Waals surface area contributed by atoms with E-state index in [4.69, 9.17) is 32.7 Å². The number of ether oxygens (including phenoxy) is 2. The minimum Gasteiger partial charge on any atom is -0.492 e. The van der Waals surface area contributed by atoms with Crippen LogP contribution in [0, 0.1) is 5.41 Å². The second-order valence-electron chi connectivity index (χ2n) is 9.43. The first-order valence-electron chi connectivity index (χ1n) is 12.5. The number of allylic oxidation sites excluding steroid dienone is 3. The zero-order chi connectivity index (χ0) is 26.6. The molecule has 1 aliphatic heterocycles. The number of anilines is 1. The van der Waals surface area contributed by atoms with Crippen LogP contribution in [-0.4, -0.2) is 60.4 Å². The third-order valence-corrected chi connectivity index (χ3v) is 7.18. The number of amides is 4. The molecule has 11 heteroatoms. The Hall–Kier alpha value is -2.91. The van der Waals surface area contributed by atoms with Gasteiger partial charge in [-0.15, -0.1) is 0 Å². The molecule has 3 aliphatic rings. The summed E-state index contributed by atoms with van der Waals surface area (Å²) in [7, 11) is 0. The molecule has 0 spiro atoms. The van der Waals surface area contributed by atoms with Crippen molar-refractivity contribution in [1.82, 2.24) is 15.1 Å². The van der Waals surface area contributed by atoms with Gasteiger partial charge in [0, 0.05) is 23.8 Å². The molecule has 37 heavy (non-hydrogen) atoms. The summed E-state index contributed by atoms with van der Waals surface area (Å²) < 4.78 is 10.8. The Morgan fingerprint density at radius 1 is 1.19 bits per heavy atom. The van der Waals surface area contributed by atoms with Crippen LogP contribution in [0.4, 0.5) is 15.3 Å². The molecule has 9 nitrogen and oxygen atoms in total. The number of imide groups is 1. The summed E-state index contributed by atoms with van der Waals surface area (Å²) in [6, 6.07) is 4.14. The van der Waals surface area contributed by atoms with Gasteiger partial charge in [0.15, 0.2) is 6.29 Å². The molecule has 1 heterocycles. The van der Waals surface area contributed by atoms with E-state index in [-0.39, 0.29) is 25.7 Å². The highest BCUT2D eigenvalue weighted by Gasteiger charge is 2.55. The highest BCUT2D eigenvalue weighted by molar-refractivity contribution is 6.32. The lowest BCUT2D eigenvalue weighted by atomic mass is 10.0. The summed E-state index contributed by atoms with van der Waals surface area (Å²) in [5.74, 6) is 0.183. The average Bonchev–Trinajstić information content (AvgIpc) is 3.66. The van der Waals surface area contributed by atoms with Crippen LogP contribution < -0.4 is 15.4 Å². The summed E-state index contributed by atoms with van der Waals surface area (Å²) >= 11 is 12.5. The van der Waals surface area contributed by atoms with E-state index in [2.05, 4.69) is 10.6 Å². The summed E-state index contributed by atoms with van der Waals surface area (Å²) in [5.41, 5.74) is 0.765. The fraction of sp³-hybridized carbons (Fsp3) is 0.500. The molecule has 0 radical (unpaired) electrons. The molecule has 2 aliphatic carbocycles. The predicted octanol–water partition coefficient (Wildman–Crippen LogP) is 5.46. The SMILES string of the molecule is CCCOc1ccc(NC2NC(=O)N(CC3(C(=O)OCC)CC3)C(=O)N2CC2=CC=C(Cl)CC2)cc1Cl. The lowest BCUT2D eigenvalue weighted by Crippen LogP contribution is -2.68. The third-order valence-electron chi connectivity index (χ3n) is 6.57. The number of carbonyl (C=O) groups is 3. The smallest absolute Gasteiger partial charge is 0.331 e. The van der Waals surface area contributed by atoms with Gasteiger partial charge in [-0.25, -0.2) is 14.5 Å². The van der Waals surface area contributed by atoms with Crippen molar-refractivity contribution in [2.24, 2.45) is 5.41 Å². The average molecular weight is 551 g/mol. The maximum Gasteiger partial charge on any atom is 0.331 e. The highest BCUT2D eigenvalue weighted by atomic mass is 35.5. The van der Waals surface area contributed by atoms with E-state index in [1.54, 1.807) is 25.1 Å². The van der Waals surface area contributed by atoms with Crippen LogP contribution in [0.3, 0.4) is 0 Å². The Bertz CT molecular complexity index is 1120. The van der Waals surface area contributed by atoms with Crippen molar-refractivity contribution in [2.75, 3.05) is 31.6 Å². The number of hydrogen-bond donors (Lipinski definition) is 2. The van der Waals surface area contributed by atoms with Crippen molar-refractivity contribution in [3.63, 3.8) is 0 Å². The van der Waals surface area contributed by atoms with Crippen molar-refractivity contribution in [3.8, 4) is 5.75 Å². The Kier molecular flexibility index (Phi) is 8.54. The lowest BCUT2D eigenvalue weighted by molar-refractivity contribution is -0.150. The van der Waals surface area contributed by atoms with E-state index in [9.17, 15) is 14.4 Å². The molecule has 1 saturated carbocycles. The fourth-order valence-electron chi connectivity index (χ4n) is 4.29. The van der Waals surface area contributed by atoms with E-state index >= 15 is 0 Å². The predicted molar refractivity (Wildman–Crippen MR) is 142 cm³/mol. The number of rotatable bonds is 11. The monoisotopic (exact) mass is 550 g/mol. The van der Waals surface area contributed by atoms with Gasteiger partial charge in [0.2, 0.25) is 0 Å². The molecule has 0 bridgehead atoms. The first-order valence-corrected chi connectivity index (χ1v) is 13.3. The molecule has 1 aromatic carbocycles. The van der Waals surface area contributed by atoms with Crippen LogP contribution in [0.15, 0.2) is 41.0 Å². The van der Waals surface area contributed by atoms with Gasteiger partial charge in [0.1, 0.15) is 5.75 Å². The minimum absolute atomic E-state index is 0.0280. The molecule has 1 atom stereocenters. The lowest BCUT2D eigenvalue weighted by Gasteiger charge is -2.42. The Morgan fingerprint density at radius 2 is 1.97 bits per heavy atom. The summed E-state index contributed by atoms with van der Waals surface area (Å²) in [4.78, 5) is 41.9. The van der Waals surface area contributed by atoms with Gasteiger partial charge in [0.25, 0.3) is 0 Å². The number of nitrogens with one attached hydrogen (secondary N) is 2. The molecule has 1 unspecified atom stereocenters. The van der Waals surface area contributed by atoms with Gasteiger partial charge in [-0.2, -0.15) is 0 Å². The zero-order valence-corrected chi connectivity index (χ0v) is 22.5. The van der Waals surface area contributed by atoms with Crippen LogP contribution in [0.25, 0.3) is 0 Å². The number of esters is 1. The van der Waals surface area contributed by atoms with Crippen LogP contribution in [0.1, 0.15) is 46.0 Å². The summed E-state index contributed by atoms with van der Waals surface area (Å²) in [6.07, 6.45) is 6.26. The molecule has 0 aromatic heterocycles. The summed E-state index contributed by atoms with van der Waals surface area (Å²) in [6.45, 7) is 4.77. The molecule has 1 saturated heterocycles. The van der Waals surface area contributed by atoms with Crippen LogP contribution in [0.5, 0.6) is 5.75 Å². The second kappa shape index (κ2) is 11.6. The molecular formula is C26H32Cl2N4O5. The van der Waals surface area contributed by atoms with Crippen LogP contribution in [-0.2, 0) is 9.53 Å². The maximum atomic E-state index is 13.7. The van der Waals surface area contributed by atoms with E-state index < -0.39 is 23.8 Å². The maximum absolute atomic E-state index is 13.7. The second-order valence-corrected chi connectivity index (χ2v) is 10.3. The van der Waals surface area contributed by atoms with E-state index in [1.165, 1.54) is 4.90 Å². The fourth-order valence-corrected chi connectivity index (χ4v) is 4.68. The number of nitrogens with zero attached hydrogens (tertiary/aromatic N) is 2. The topological polar surface area (TPSA) is 100 Å². The molecule has 1 aromatic rings. The van der Waals surface area contributed by atoms with E-state index in [0.717, 1.165) is 21.9 Å². The van der Waals surface area contributed by atoms with Crippen molar-refractivity contribution < 1.29 is 23.9 Å². The molecule has 4 rings (SSSR count). The molecule has 2 N–H and O–H groups in total. The van der Waals surface area contributed by atoms with Gasteiger partial charge in [-0.1, -0.05) is 41.8 Å². The van der Waals surface area contributed by atoms with Crippen molar-refractivity contribution in [1.29, 1.82) is 0 Å². The summed E-state index contributed by atoms with van der Waals surface area (Å²) in [5, 5.41) is 7.24. The minimum atomic E-state index is -0.838. The number of benzene rings is 1. The van der Waals surface area contributed by atoms with E-state index in [0.29, 0.717) is 48.7 Å². The van der Waals surface area contributed by atoms with Gasteiger partial charge in [-0.3, -0.25) is 15.0 Å². The quantitative estimate of drug-likeness (QED) is 0.355. The first kappa shape index (κ1) is 27.1. The molecule has 200 valence electrons. The number of urea groups is 2. The third kappa shape index (κ3) is 6.33. The van der Waals surface area contributed by atoms with Gasteiger partial charge in [0.05, 0.1) is 23.7 Å². The Morgan fingerprint density at radius 3 is 2.59 bits per heavy atom. The number of hydrogen-bond acceptors (Lipinski definition) is 6. The molecule has 4 amide bonds. The van der Waals surface area contributed by atoms with E-state index in [1.807, 2.05) is 19.1 Å². The normalized spacial score (nSPS) is 20.6. The van der Waals surface area contributed by atoms with Gasteiger partial charge >= 0.3 is 18.0 Å². The molecular weight excluding hydrogens is 519 g/mol. The standard InChI is InChI=1S/C26H32Cl2N4O5/c1-3-13-37-21-10-9-19(14-20(21)28)29-23-30-24(34)32(16-26(11-12-26)22(33)36-4-2)25(35)31(23)15-17-5-7-18(27)8-6-17/h5,7,9-10,14,23,29H,3-4,6,8,11-13,15-16H2,1-2H3,(H,30,34). The largest absolute Gasteiger partial charge is 0.492 e. The van der Waals surface area contributed by atoms with Crippen molar-refractivity contribution in [3.05, 3.63) is 46.0 Å². The highest BCUT2D eigenvalue weighted by Crippen LogP contribution is 2.48. The van der Waals surface area contributed by atoms with Crippen LogP contribution in [0.2, 0.25) is 5.02 Å². The Labute approximate surface area is 226 Å². The number of carbonyl (C=O) groups excluding carboxylic acids is 3. The van der Waals surface area contributed by atoms with Crippen LogP contribution >= 0.6 is 23.2 Å².